The second kappa shape index (κ2) is 7.67. The summed E-state index contributed by atoms with van der Waals surface area (Å²) in [6.45, 7) is 2.66. The van der Waals surface area contributed by atoms with Crippen molar-refractivity contribution in [2.75, 3.05) is 0 Å². The molecule has 2 aliphatic rings. The van der Waals surface area contributed by atoms with E-state index in [0.717, 1.165) is 49.7 Å². The SMILES string of the molecule is CCn1ccc(C(=O)N[C@@H]2CCc3ccc(S(=O)(=O)NC4CCCC4)cc32)n1. The molecule has 0 unspecified atom stereocenters. The minimum atomic E-state index is -3.55. The van der Waals surface area contributed by atoms with Gasteiger partial charge in [-0.15, -0.1) is 0 Å². The molecular formula is C20H26N4O3S. The quantitative estimate of drug-likeness (QED) is 0.777. The molecule has 150 valence electrons. The summed E-state index contributed by atoms with van der Waals surface area (Å²) in [6, 6.07) is 6.79. The number of fused-ring (bicyclic) bond motifs is 1. The van der Waals surface area contributed by atoms with E-state index in [2.05, 4.69) is 15.1 Å². The fourth-order valence-electron chi connectivity index (χ4n) is 4.12. The highest BCUT2D eigenvalue weighted by atomic mass is 32.2. The number of hydrogen-bond donors (Lipinski definition) is 2. The molecule has 8 heteroatoms. The second-order valence-corrected chi connectivity index (χ2v) is 9.30. The maximum Gasteiger partial charge on any atom is 0.272 e. The Kier molecular flexibility index (Phi) is 5.25. The van der Waals surface area contributed by atoms with Gasteiger partial charge >= 0.3 is 0 Å². The lowest BCUT2D eigenvalue weighted by atomic mass is 10.1. The lowest BCUT2D eigenvalue weighted by Crippen LogP contribution is -2.33. The lowest BCUT2D eigenvalue weighted by molar-refractivity contribution is 0.0931. The van der Waals surface area contributed by atoms with Crippen LogP contribution in [0, 0.1) is 0 Å². The zero-order valence-corrected chi connectivity index (χ0v) is 16.8. The fraction of sp³-hybridized carbons (Fsp3) is 0.500. The lowest BCUT2D eigenvalue weighted by Gasteiger charge is -2.16. The van der Waals surface area contributed by atoms with Gasteiger partial charge in [-0.05, 0) is 61.9 Å². The van der Waals surface area contributed by atoms with Gasteiger partial charge in [0.1, 0.15) is 5.69 Å². The highest BCUT2D eigenvalue weighted by molar-refractivity contribution is 7.89. The molecule has 0 spiro atoms. The van der Waals surface area contributed by atoms with Crippen LogP contribution >= 0.6 is 0 Å². The first-order chi connectivity index (χ1) is 13.5. The van der Waals surface area contributed by atoms with Gasteiger partial charge in [-0.2, -0.15) is 5.10 Å². The number of hydrogen-bond acceptors (Lipinski definition) is 4. The number of aryl methyl sites for hydroxylation is 2. The molecule has 7 nitrogen and oxygen atoms in total. The Morgan fingerprint density at radius 1 is 1.21 bits per heavy atom. The molecule has 2 aliphatic carbocycles. The Labute approximate surface area is 165 Å². The average molecular weight is 403 g/mol. The van der Waals surface area contributed by atoms with Crippen molar-refractivity contribution >= 4 is 15.9 Å². The molecule has 1 heterocycles. The van der Waals surface area contributed by atoms with Crippen molar-refractivity contribution in [3.8, 4) is 0 Å². The molecule has 1 aromatic heterocycles. The van der Waals surface area contributed by atoms with E-state index >= 15 is 0 Å². The molecule has 0 aliphatic heterocycles. The number of carbonyl (C=O) groups excluding carboxylic acids is 1. The Morgan fingerprint density at radius 3 is 2.71 bits per heavy atom. The van der Waals surface area contributed by atoms with Crippen LogP contribution in [0.1, 0.15) is 66.7 Å². The van der Waals surface area contributed by atoms with Crippen LogP contribution in [0.3, 0.4) is 0 Å². The van der Waals surface area contributed by atoms with Crippen molar-refractivity contribution < 1.29 is 13.2 Å². The number of nitrogens with zero attached hydrogens (tertiary/aromatic N) is 2. The number of aromatic nitrogens is 2. The molecule has 1 saturated carbocycles. The highest BCUT2D eigenvalue weighted by Crippen LogP contribution is 2.33. The van der Waals surface area contributed by atoms with E-state index in [1.165, 1.54) is 0 Å². The molecule has 4 rings (SSSR count). The van der Waals surface area contributed by atoms with Gasteiger partial charge in [-0.3, -0.25) is 9.48 Å². The monoisotopic (exact) mass is 402 g/mol. The first-order valence-electron chi connectivity index (χ1n) is 9.96. The Balaban J connectivity index is 1.52. The summed E-state index contributed by atoms with van der Waals surface area (Å²) in [7, 11) is -3.55. The summed E-state index contributed by atoms with van der Waals surface area (Å²) < 4.78 is 30.1. The van der Waals surface area contributed by atoms with Crippen molar-refractivity contribution in [2.24, 2.45) is 0 Å². The minimum absolute atomic E-state index is 0.0300. The predicted octanol–water partition coefficient (Wildman–Crippen LogP) is 2.54. The molecule has 1 fully saturated rings. The molecular weight excluding hydrogens is 376 g/mol. The number of benzene rings is 1. The maximum absolute atomic E-state index is 12.8. The van der Waals surface area contributed by atoms with Gasteiger partial charge in [0.2, 0.25) is 10.0 Å². The van der Waals surface area contributed by atoms with E-state index in [0.29, 0.717) is 12.2 Å². The summed E-state index contributed by atoms with van der Waals surface area (Å²) in [5.74, 6) is -0.234. The third-order valence-electron chi connectivity index (χ3n) is 5.69. The zero-order chi connectivity index (χ0) is 19.7. The standard InChI is InChI=1S/C20H26N4O3S/c1-2-24-12-11-19(22-24)20(25)21-18-10-8-14-7-9-16(13-17(14)18)28(26,27)23-15-5-3-4-6-15/h7,9,11-13,15,18,23H,2-6,8,10H2,1H3,(H,21,25)/t18-/m1/s1. The van der Waals surface area contributed by atoms with Crippen molar-refractivity contribution in [3.63, 3.8) is 0 Å². The summed E-state index contributed by atoms with van der Waals surface area (Å²) in [5.41, 5.74) is 2.35. The molecule has 1 atom stereocenters. The van der Waals surface area contributed by atoms with Crippen LogP contribution in [-0.2, 0) is 23.0 Å². The summed E-state index contributed by atoms with van der Waals surface area (Å²) in [6.07, 6.45) is 7.28. The summed E-state index contributed by atoms with van der Waals surface area (Å²) >= 11 is 0. The Bertz CT molecular complexity index is 977. The molecule has 0 saturated heterocycles. The summed E-state index contributed by atoms with van der Waals surface area (Å²) in [4.78, 5) is 12.8. The number of carbonyl (C=O) groups is 1. The third-order valence-corrected chi connectivity index (χ3v) is 7.20. The van der Waals surface area contributed by atoms with Crippen molar-refractivity contribution in [1.82, 2.24) is 19.8 Å². The average Bonchev–Trinajstić information content (AvgIpc) is 3.42. The van der Waals surface area contributed by atoms with Crippen molar-refractivity contribution in [2.45, 2.75) is 69.0 Å². The Morgan fingerprint density at radius 2 is 2.00 bits per heavy atom. The van der Waals surface area contributed by atoms with E-state index in [1.807, 2.05) is 13.0 Å². The third kappa shape index (κ3) is 3.84. The molecule has 2 aromatic rings. The van der Waals surface area contributed by atoms with Crippen LogP contribution in [0.4, 0.5) is 0 Å². The molecule has 2 N–H and O–H groups in total. The van der Waals surface area contributed by atoms with Gasteiger partial charge in [0.25, 0.3) is 5.91 Å². The first kappa shape index (κ1) is 19.1. The number of sulfonamides is 1. The second-order valence-electron chi connectivity index (χ2n) is 7.58. The molecule has 1 aromatic carbocycles. The fourth-order valence-corrected chi connectivity index (χ4v) is 5.46. The maximum atomic E-state index is 12.8. The van der Waals surface area contributed by atoms with E-state index in [-0.39, 0.29) is 22.9 Å². The molecule has 0 radical (unpaired) electrons. The smallest absolute Gasteiger partial charge is 0.272 e. The van der Waals surface area contributed by atoms with Crippen molar-refractivity contribution in [1.29, 1.82) is 0 Å². The largest absolute Gasteiger partial charge is 0.344 e. The topological polar surface area (TPSA) is 93.1 Å². The van der Waals surface area contributed by atoms with Crippen LogP contribution < -0.4 is 10.0 Å². The number of nitrogens with one attached hydrogen (secondary N) is 2. The number of amides is 1. The van der Waals surface area contributed by atoms with E-state index < -0.39 is 10.0 Å². The van der Waals surface area contributed by atoms with Gasteiger partial charge in [0, 0.05) is 18.8 Å². The predicted molar refractivity (Wildman–Crippen MR) is 105 cm³/mol. The zero-order valence-electron chi connectivity index (χ0n) is 16.0. The van der Waals surface area contributed by atoms with Crippen LogP contribution in [0.25, 0.3) is 0 Å². The van der Waals surface area contributed by atoms with Crippen LogP contribution in [0.5, 0.6) is 0 Å². The van der Waals surface area contributed by atoms with Crippen LogP contribution in [-0.4, -0.2) is 30.1 Å². The van der Waals surface area contributed by atoms with E-state index in [4.69, 9.17) is 0 Å². The molecule has 28 heavy (non-hydrogen) atoms. The van der Waals surface area contributed by atoms with Crippen LogP contribution in [0.2, 0.25) is 0 Å². The van der Waals surface area contributed by atoms with Crippen LogP contribution in [0.15, 0.2) is 35.4 Å². The minimum Gasteiger partial charge on any atom is -0.344 e. The van der Waals surface area contributed by atoms with E-state index in [9.17, 15) is 13.2 Å². The van der Waals surface area contributed by atoms with Gasteiger partial charge in [0.15, 0.2) is 0 Å². The van der Waals surface area contributed by atoms with Gasteiger partial charge < -0.3 is 5.32 Å². The van der Waals surface area contributed by atoms with Gasteiger partial charge in [-0.25, -0.2) is 13.1 Å². The molecule has 1 amide bonds. The van der Waals surface area contributed by atoms with Gasteiger partial charge in [0.05, 0.1) is 10.9 Å². The van der Waals surface area contributed by atoms with Gasteiger partial charge in [-0.1, -0.05) is 18.9 Å². The van der Waals surface area contributed by atoms with Crippen molar-refractivity contribution in [3.05, 3.63) is 47.3 Å². The van der Waals surface area contributed by atoms with E-state index in [1.54, 1.807) is 29.1 Å². The summed E-state index contributed by atoms with van der Waals surface area (Å²) in [5, 5.41) is 7.25. The highest BCUT2D eigenvalue weighted by Gasteiger charge is 2.28. The Hall–Kier alpha value is -2.19. The number of rotatable bonds is 6. The first-order valence-corrected chi connectivity index (χ1v) is 11.4. The molecule has 0 bridgehead atoms. The normalized spacial score (nSPS) is 19.7.